The van der Waals surface area contributed by atoms with Crippen LogP contribution >= 0.6 is 0 Å². The molecule has 2 N–H and O–H groups in total. The van der Waals surface area contributed by atoms with E-state index in [1.165, 1.54) is 6.07 Å². The average molecular weight is 333 g/mol. The summed E-state index contributed by atoms with van der Waals surface area (Å²) in [6.07, 6.45) is -4.48. The van der Waals surface area contributed by atoms with Gasteiger partial charge in [0, 0.05) is 18.7 Å². The van der Waals surface area contributed by atoms with Crippen molar-refractivity contribution in [1.82, 2.24) is 15.5 Å². The Kier molecular flexibility index (Phi) is 4.94. The minimum Gasteiger partial charge on any atom is -0.396 e. The SMILES string of the molecule is O=C(NCCCO)c1ccc(-c2noc(C(F)(F)F)n2)cc1F. The first kappa shape index (κ1) is 16.9. The number of aromatic nitrogens is 2. The Bertz CT molecular complexity index is 700. The fourth-order valence-corrected chi connectivity index (χ4v) is 1.67. The zero-order valence-corrected chi connectivity index (χ0v) is 11.5. The van der Waals surface area contributed by atoms with Gasteiger partial charge in [0.15, 0.2) is 0 Å². The van der Waals surface area contributed by atoms with E-state index in [0.29, 0.717) is 6.42 Å². The summed E-state index contributed by atoms with van der Waals surface area (Å²) in [5.74, 6) is -3.63. The molecule has 2 aromatic rings. The topological polar surface area (TPSA) is 88.2 Å². The first-order valence-electron chi connectivity index (χ1n) is 6.43. The first-order valence-corrected chi connectivity index (χ1v) is 6.43. The molecule has 0 aliphatic rings. The maximum absolute atomic E-state index is 13.9. The molecule has 0 fully saturated rings. The van der Waals surface area contributed by atoms with E-state index in [9.17, 15) is 22.4 Å². The van der Waals surface area contributed by atoms with Crippen molar-refractivity contribution in [3.63, 3.8) is 0 Å². The lowest BCUT2D eigenvalue weighted by atomic mass is 10.1. The summed E-state index contributed by atoms with van der Waals surface area (Å²) in [6, 6.07) is 3.14. The van der Waals surface area contributed by atoms with Crippen LogP contribution in [0, 0.1) is 5.82 Å². The van der Waals surface area contributed by atoms with Gasteiger partial charge in [-0.3, -0.25) is 4.79 Å². The number of aliphatic hydroxyl groups excluding tert-OH is 1. The highest BCUT2D eigenvalue weighted by atomic mass is 19.4. The van der Waals surface area contributed by atoms with Gasteiger partial charge in [0.25, 0.3) is 5.91 Å². The number of nitrogens with one attached hydrogen (secondary N) is 1. The second kappa shape index (κ2) is 6.73. The largest absolute Gasteiger partial charge is 0.471 e. The first-order chi connectivity index (χ1) is 10.8. The molecule has 0 bridgehead atoms. The molecule has 0 saturated carbocycles. The second-order valence-corrected chi connectivity index (χ2v) is 4.45. The van der Waals surface area contributed by atoms with Gasteiger partial charge in [0.2, 0.25) is 5.82 Å². The maximum Gasteiger partial charge on any atom is 0.471 e. The van der Waals surface area contributed by atoms with Crippen molar-refractivity contribution >= 4 is 5.91 Å². The molecule has 0 spiro atoms. The van der Waals surface area contributed by atoms with Crippen LogP contribution in [0.5, 0.6) is 0 Å². The molecule has 1 aromatic heterocycles. The lowest BCUT2D eigenvalue weighted by Gasteiger charge is -2.06. The second-order valence-electron chi connectivity index (χ2n) is 4.45. The van der Waals surface area contributed by atoms with E-state index >= 15 is 0 Å². The summed E-state index contributed by atoms with van der Waals surface area (Å²) in [7, 11) is 0. The molecule has 6 nitrogen and oxygen atoms in total. The third kappa shape index (κ3) is 4.03. The summed E-state index contributed by atoms with van der Waals surface area (Å²) in [5.41, 5.74) is -0.347. The predicted octanol–water partition coefficient (Wildman–Crippen LogP) is 2.01. The molecular formula is C13H11F4N3O3. The smallest absolute Gasteiger partial charge is 0.396 e. The molecule has 124 valence electrons. The van der Waals surface area contributed by atoms with Crippen LogP contribution in [0.2, 0.25) is 0 Å². The summed E-state index contributed by atoms with van der Waals surface area (Å²) in [6.45, 7) is 0.0391. The molecule has 0 unspecified atom stereocenters. The molecular weight excluding hydrogens is 322 g/mol. The zero-order chi connectivity index (χ0) is 17.0. The third-order valence-electron chi connectivity index (χ3n) is 2.76. The van der Waals surface area contributed by atoms with Crippen molar-refractivity contribution in [1.29, 1.82) is 0 Å². The Morgan fingerprint density at radius 3 is 2.65 bits per heavy atom. The molecule has 10 heteroatoms. The molecule has 23 heavy (non-hydrogen) atoms. The normalized spacial score (nSPS) is 11.5. The number of halogens is 4. The Morgan fingerprint density at radius 1 is 1.35 bits per heavy atom. The van der Waals surface area contributed by atoms with Gasteiger partial charge >= 0.3 is 12.1 Å². The number of carbonyl (C=O) groups excluding carboxylic acids is 1. The maximum atomic E-state index is 13.9. The number of hydrogen-bond acceptors (Lipinski definition) is 5. The number of nitrogens with zero attached hydrogens (tertiary/aromatic N) is 2. The van der Waals surface area contributed by atoms with E-state index in [1.54, 1.807) is 0 Å². The Labute approximate surface area is 127 Å². The van der Waals surface area contributed by atoms with Crippen LogP contribution in [-0.2, 0) is 6.18 Å². The quantitative estimate of drug-likeness (QED) is 0.645. The highest BCUT2D eigenvalue weighted by molar-refractivity contribution is 5.94. The van der Waals surface area contributed by atoms with Gasteiger partial charge in [0.05, 0.1) is 5.56 Å². The standard InChI is InChI=1S/C13H11F4N3O3/c14-9-6-7(10-19-12(23-20-10)13(15,16)17)2-3-8(9)11(22)18-4-1-5-21/h2-3,6,21H,1,4-5H2,(H,18,22). The van der Waals surface area contributed by atoms with Crippen LogP contribution in [0.1, 0.15) is 22.7 Å². The molecule has 1 amide bonds. The number of aliphatic hydroxyl groups is 1. The summed E-state index contributed by atoms with van der Waals surface area (Å²) in [4.78, 5) is 14.8. The number of hydrogen-bond donors (Lipinski definition) is 2. The van der Waals surface area contributed by atoms with Crippen molar-refractivity contribution in [3.05, 3.63) is 35.5 Å². The summed E-state index contributed by atoms with van der Waals surface area (Å²) < 4.78 is 55.1. The van der Waals surface area contributed by atoms with E-state index in [-0.39, 0.29) is 24.3 Å². The molecule has 0 atom stereocenters. The lowest BCUT2D eigenvalue weighted by Crippen LogP contribution is -2.25. The van der Waals surface area contributed by atoms with Crippen molar-refractivity contribution in [2.24, 2.45) is 0 Å². The fourth-order valence-electron chi connectivity index (χ4n) is 1.67. The van der Waals surface area contributed by atoms with E-state index in [1.807, 2.05) is 0 Å². The van der Waals surface area contributed by atoms with Crippen LogP contribution in [0.4, 0.5) is 17.6 Å². The molecule has 0 aliphatic carbocycles. The predicted molar refractivity (Wildman–Crippen MR) is 68.7 cm³/mol. The van der Waals surface area contributed by atoms with Crippen LogP contribution in [0.3, 0.4) is 0 Å². The van der Waals surface area contributed by atoms with Gasteiger partial charge < -0.3 is 14.9 Å². The van der Waals surface area contributed by atoms with Gasteiger partial charge in [0.1, 0.15) is 5.82 Å². The van der Waals surface area contributed by atoms with E-state index in [4.69, 9.17) is 5.11 Å². The van der Waals surface area contributed by atoms with Gasteiger partial charge in [-0.15, -0.1) is 0 Å². The third-order valence-corrected chi connectivity index (χ3v) is 2.76. The summed E-state index contributed by atoms with van der Waals surface area (Å²) >= 11 is 0. The van der Waals surface area contributed by atoms with E-state index in [2.05, 4.69) is 20.0 Å². The van der Waals surface area contributed by atoms with E-state index in [0.717, 1.165) is 12.1 Å². The van der Waals surface area contributed by atoms with Crippen molar-refractivity contribution in [2.75, 3.05) is 13.2 Å². The molecule has 2 rings (SSSR count). The highest BCUT2D eigenvalue weighted by Gasteiger charge is 2.38. The van der Waals surface area contributed by atoms with Crippen LogP contribution in [0.15, 0.2) is 22.7 Å². The number of carbonyl (C=O) groups is 1. The van der Waals surface area contributed by atoms with E-state index < -0.39 is 29.6 Å². The Balaban J connectivity index is 2.19. The molecule has 1 aromatic carbocycles. The van der Waals surface area contributed by atoms with Gasteiger partial charge in [-0.2, -0.15) is 18.2 Å². The zero-order valence-electron chi connectivity index (χ0n) is 11.5. The molecule has 0 saturated heterocycles. The van der Waals surface area contributed by atoms with Crippen molar-refractivity contribution in [3.8, 4) is 11.4 Å². The molecule has 1 heterocycles. The van der Waals surface area contributed by atoms with Gasteiger partial charge in [-0.1, -0.05) is 11.2 Å². The minimum atomic E-state index is -4.80. The fraction of sp³-hybridized carbons (Fsp3) is 0.308. The lowest BCUT2D eigenvalue weighted by molar-refractivity contribution is -0.159. The molecule has 0 aliphatic heterocycles. The number of alkyl halides is 3. The monoisotopic (exact) mass is 333 g/mol. The highest BCUT2D eigenvalue weighted by Crippen LogP contribution is 2.29. The Morgan fingerprint density at radius 2 is 2.09 bits per heavy atom. The van der Waals surface area contributed by atoms with Crippen LogP contribution < -0.4 is 5.32 Å². The van der Waals surface area contributed by atoms with Gasteiger partial charge in [-0.05, 0) is 18.6 Å². The average Bonchev–Trinajstić information content (AvgIpc) is 2.97. The summed E-state index contributed by atoms with van der Waals surface area (Å²) in [5, 5.41) is 14.1. The number of amides is 1. The minimum absolute atomic E-state index is 0.0614. The van der Waals surface area contributed by atoms with Crippen molar-refractivity contribution < 1.29 is 32.0 Å². The number of rotatable bonds is 5. The number of benzene rings is 1. The Hall–Kier alpha value is -2.49. The molecule has 0 radical (unpaired) electrons. The van der Waals surface area contributed by atoms with Gasteiger partial charge in [-0.25, -0.2) is 4.39 Å². The van der Waals surface area contributed by atoms with Crippen molar-refractivity contribution in [2.45, 2.75) is 12.6 Å². The van der Waals surface area contributed by atoms with Crippen LogP contribution in [0.25, 0.3) is 11.4 Å². The van der Waals surface area contributed by atoms with Crippen LogP contribution in [-0.4, -0.2) is 34.3 Å².